The molecule has 0 saturated heterocycles. The maximum Gasteiger partial charge on any atom is 0.318 e. The second-order valence-electron chi connectivity index (χ2n) is 5.75. The molecule has 2 rings (SSSR count). The number of hydrogen-bond donors (Lipinski definition) is 0. The van der Waals surface area contributed by atoms with Crippen molar-refractivity contribution in [2.45, 2.75) is 77.0 Å². The third-order valence-electron chi connectivity index (χ3n) is 4.21. The lowest BCUT2D eigenvalue weighted by molar-refractivity contribution is -0.145. The van der Waals surface area contributed by atoms with Crippen LogP contribution in [0.2, 0.25) is 0 Å². The van der Waals surface area contributed by atoms with Crippen molar-refractivity contribution < 1.29 is 14.1 Å². The van der Waals surface area contributed by atoms with Crippen LogP contribution in [0.4, 0.5) is 0 Å². The van der Waals surface area contributed by atoms with Gasteiger partial charge in [0.1, 0.15) is 5.92 Å². The monoisotopic (exact) mass is 294 g/mol. The molecule has 1 unspecified atom stereocenters. The molecule has 1 heterocycles. The van der Waals surface area contributed by atoms with E-state index in [1.54, 1.807) is 6.92 Å². The van der Waals surface area contributed by atoms with Crippen molar-refractivity contribution in [3.63, 3.8) is 0 Å². The van der Waals surface area contributed by atoms with Crippen molar-refractivity contribution in [2.24, 2.45) is 0 Å². The number of hydrogen-bond acceptors (Lipinski definition) is 5. The first kappa shape index (κ1) is 16.0. The van der Waals surface area contributed by atoms with Gasteiger partial charge in [-0.2, -0.15) is 4.98 Å². The van der Waals surface area contributed by atoms with Gasteiger partial charge in [-0.25, -0.2) is 0 Å². The standard InChI is InChI=1S/C16H26N2O3/c1-3-13(16(19)20-4-2)15-17-14(18-21-15)12-10-8-6-5-7-9-11-12/h12-13H,3-11H2,1-2H3. The number of esters is 1. The van der Waals surface area contributed by atoms with Crippen LogP contribution in [-0.2, 0) is 9.53 Å². The first-order valence-electron chi connectivity index (χ1n) is 8.26. The van der Waals surface area contributed by atoms with Gasteiger partial charge in [-0.05, 0) is 26.2 Å². The van der Waals surface area contributed by atoms with Gasteiger partial charge in [0.05, 0.1) is 6.61 Å². The van der Waals surface area contributed by atoms with Crippen molar-refractivity contribution in [3.8, 4) is 0 Å². The molecule has 1 aromatic heterocycles. The Morgan fingerprint density at radius 3 is 2.52 bits per heavy atom. The van der Waals surface area contributed by atoms with Gasteiger partial charge in [0.25, 0.3) is 0 Å². The highest BCUT2D eigenvalue weighted by molar-refractivity contribution is 5.76. The minimum absolute atomic E-state index is 0.270. The maximum atomic E-state index is 11.9. The van der Waals surface area contributed by atoms with Crippen LogP contribution < -0.4 is 0 Å². The first-order valence-corrected chi connectivity index (χ1v) is 8.26. The smallest absolute Gasteiger partial charge is 0.318 e. The van der Waals surface area contributed by atoms with E-state index in [1.165, 1.54) is 32.1 Å². The van der Waals surface area contributed by atoms with Crippen LogP contribution in [0.3, 0.4) is 0 Å². The summed E-state index contributed by atoms with van der Waals surface area (Å²) in [7, 11) is 0. The third kappa shape index (κ3) is 4.29. The summed E-state index contributed by atoms with van der Waals surface area (Å²) in [6, 6.07) is 0. The quantitative estimate of drug-likeness (QED) is 0.769. The van der Waals surface area contributed by atoms with Crippen molar-refractivity contribution >= 4 is 5.97 Å². The maximum absolute atomic E-state index is 11.9. The van der Waals surface area contributed by atoms with Gasteiger partial charge in [-0.1, -0.05) is 44.2 Å². The van der Waals surface area contributed by atoms with E-state index >= 15 is 0 Å². The van der Waals surface area contributed by atoms with Crippen LogP contribution in [0.25, 0.3) is 0 Å². The normalized spacial score (nSPS) is 18.8. The molecule has 5 nitrogen and oxygen atoms in total. The van der Waals surface area contributed by atoms with E-state index in [4.69, 9.17) is 9.26 Å². The second kappa shape index (κ2) is 8.15. The third-order valence-corrected chi connectivity index (χ3v) is 4.21. The van der Waals surface area contributed by atoms with Crippen molar-refractivity contribution in [1.82, 2.24) is 10.1 Å². The molecule has 1 fully saturated rings. The Labute approximate surface area is 126 Å². The Kier molecular flexibility index (Phi) is 6.21. The lowest BCUT2D eigenvalue weighted by Gasteiger charge is -2.15. The van der Waals surface area contributed by atoms with Crippen LogP contribution in [0, 0.1) is 0 Å². The molecule has 1 atom stereocenters. The Morgan fingerprint density at radius 2 is 1.90 bits per heavy atom. The van der Waals surface area contributed by atoms with Gasteiger partial charge >= 0.3 is 5.97 Å². The summed E-state index contributed by atoms with van der Waals surface area (Å²) in [5.74, 6) is 0.859. The Hall–Kier alpha value is -1.39. The van der Waals surface area contributed by atoms with Gasteiger partial charge in [0.15, 0.2) is 5.82 Å². The summed E-state index contributed by atoms with van der Waals surface area (Å²) in [5, 5.41) is 4.13. The van der Waals surface area contributed by atoms with Crippen LogP contribution in [-0.4, -0.2) is 22.7 Å². The molecular formula is C16H26N2O3. The lowest BCUT2D eigenvalue weighted by atomic mass is 9.91. The highest BCUT2D eigenvalue weighted by atomic mass is 16.5. The van der Waals surface area contributed by atoms with Gasteiger partial charge < -0.3 is 9.26 Å². The average molecular weight is 294 g/mol. The topological polar surface area (TPSA) is 65.2 Å². The number of nitrogens with zero attached hydrogens (tertiary/aromatic N) is 2. The molecule has 0 amide bonds. The Balaban J connectivity index is 2.06. The number of aromatic nitrogens is 2. The fraction of sp³-hybridized carbons (Fsp3) is 0.812. The van der Waals surface area contributed by atoms with E-state index in [1.807, 2.05) is 6.92 Å². The van der Waals surface area contributed by atoms with Gasteiger partial charge in [-0.3, -0.25) is 4.79 Å². The van der Waals surface area contributed by atoms with E-state index in [2.05, 4.69) is 10.1 Å². The molecule has 0 spiro atoms. The molecule has 0 aliphatic heterocycles. The van der Waals surface area contributed by atoms with E-state index in [0.717, 1.165) is 18.7 Å². The van der Waals surface area contributed by atoms with Crippen LogP contribution in [0.15, 0.2) is 4.52 Å². The van der Waals surface area contributed by atoms with Crippen molar-refractivity contribution in [1.29, 1.82) is 0 Å². The number of carbonyl (C=O) groups excluding carboxylic acids is 1. The summed E-state index contributed by atoms with van der Waals surface area (Å²) in [4.78, 5) is 16.4. The zero-order valence-corrected chi connectivity index (χ0v) is 13.1. The highest BCUT2D eigenvalue weighted by Crippen LogP contribution is 2.30. The molecular weight excluding hydrogens is 268 g/mol. The molecule has 1 aliphatic carbocycles. The second-order valence-corrected chi connectivity index (χ2v) is 5.75. The SMILES string of the molecule is CCOC(=O)C(CC)c1nc(C2CCCCCCC2)no1. The van der Waals surface area contributed by atoms with Gasteiger partial charge in [-0.15, -0.1) is 0 Å². The minimum atomic E-state index is -0.431. The van der Waals surface area contributed by atoms with Crippen LogP contribution in [0.1, 0.15) is 88.8 Å². The van der Waals surface area contributed by atoms with E-state index in [0.29, 0.717) is 24.8 Å². The number of rotatable bonds is 5. The number of carbonyl (C=O) groups is 1. The van der Waals surface area contributed by atoms with E-state index in [9.17, 15) is 4.79 Å². The van der Waals surface area contributed by atoms with Crippen LogP contribution >= 0.6 is 0 Å². The fourth-order valence-electron chi connectivity index (χ4n) is 2.95. The van der Waals surface area contributed by atoms with Gasteiger partial charge in [0, 0.05) is 5.92 Å². The summed E-state index contributed by atoms with van der Waals surface area (Å²) in [6.45, 7) is 4.11. The van der Waals surface area contributed by atoms with Gasteiger partial charge in [0.2, 0.25) is 5.89 Å². The van der Waals surface area contributed by atoms with Crippen LogP contribution in [0.5, 0.6) is 0 Å². The largest absolute Gasteiger partial charge is 0.465 e. The molecule has 5 heteroatoms. The molecule has 0 bridgehead atoms. The highest BCUT2D eigenvalue weighted by Gasteiger charge is 2.28. The molecule has 118 valence electrons. The molecule has 0 N–H and O–H groups in total. The molecule has 0 radical (unpaired) electrons. The summed E-state index contributed by atoms with van der Waals surface area (Å²) in [6.07, 6.45) is 9.23. The minimum Gasteiger partial charge on any atom is -0.465 e. The molecule has 1 aliphatic rings. The van der Waals surface area contributed by atoms with Crippen molar-refractivity contribution in [3.05, 3.63) is 11.7 Å². The fourth-order valence-corrected chi connectivity index (χ4v) is 2.95. The predicted molar refractivity (Wildman–Crippen MR) is 79.0 cm³/mol. The first-order chi connectivity index (χ1) is 10.3. The molecule has 1 aromatic rings. The molecule has 0 aromatic carbocycles. The summed E-state index contributed by atoms with van der Waals surface area (Å²) >= 11 is 0. The van der Waals surface area contributed by atoms with E-state index < -0.39 is 5.92 Å². The zero-order valence-electron chi connectivity index (χ0n) is 13.1. The summed E-state index contributed by atoms with van der Waals surface area (Å²) in [5.41, 5.74) is 0. The lowest BCUT2D eigenvalue weighted by Crippen LogP contribution is -2.16. The van der Waals surface area contributed by atoms with Crippen molar-refractivity contribution in [2.75, 3.05) is 6.61 Å². The summed E-state index contributed by atoms with van der Waals surface area (Å²) < 4.78 is 10.4. The zero-order chi connectivity index (χ0) is 15.1. The average Bonchev–Trinajstić information content (AvgIpc) is 2.89. The Morgan fingerprint density at radius 1 is 1.24 bits per heavy atom. The Bertz CT molecular complexity index is 436. The number of ether oxygens (including phenoxy) is 1. The van der Waals surface area contributed by atoms with E-state index in [-0.39, 0.29) is 5.97 Å². The predicted octanol–water partition coefficient (Wildman–Crippen LogP) is 3.95. The molecule has 1 saturated carbocycles. The molecule has 21 heavy (non-hydrogen) atoms.